The van der Waals surface area contributed by atoms with E-state index in [4.69, 9.17) is 4.74 Å². The van der Waals surface area contributed by atoms with E-state index in [2.05, 4.69) is 5.43 Å². The Morgan fingerprint density at radius 3 is 2.40 bits per heavy atom. The summed E-state index contributed by atoms with van der Waals surface area (Å²) in [5, 5.41) is 2.01. The van der Waals surface area contributed by atoms with Crippen molar-refractivity contribution in [2.24, 2.45) is 0 Å². The van der Waals surface area contributed by atoms with Crippen molar-refractivity contribution in [3.8, 4) is 0 Å². The highest BCUT2D eigenvalue weighted by molar-refractivity contribution is 4.67. The molecule has 3 heteroatoms. The molecule has 1 N–H and O–H groups in total. The first kappa shape index (κ1) is 7.98. The van der Waals surface area contributed by atoms with Crippen LogP contribution >= 0.6 is 0 Å². The van der Waals surface area contributed by atoms with Crippen LogP contribution in [0.15, 0.2) is 0 Å². The highest BCUT2D eigenvalue weighted by Crippen LogP contribution is 2.05. The fourth-order valence-electron chi connectivity index (χ4n) is 1.19. The molecule has 10 heavy (non-hydrogen) atoms. The number of hydrogen-bond donors (Lipinski definition) is 1. The summed E-state index contributed by atoms with van der Waals surface area (Å²) in [5.74, 6) is 0. The smallest absolute Gasteiger partial charge is 0.0481 e. The molecular weight excluding hydrogens is 128 g/mol. The summed E-state index contributed by atoms with van der Waals surface area (Å²) in [5.41, 5.74) is 3.34. The minimum Gasteiger partial charge on any atom is -0.381 e. The minimum absolute atomic E-state index is 0.628. The van der Waals surface area contributed by atoms with Crippen molar-refractivity contribution in [2.45, 2.75) is 18.9 Å². The zero-order valence-corrected chi connectivity index (χ0v) is 6.76. The monoisotopic (exact) mass is 144 g/mol. The van der Waals surface area contributed by atoms with E-state index in [1.807, 2.05) is 19.1 Å². The first-order chi connectivity index (χ1) is 4.79. The number of ether oxygens (including phenoxy) is 1. The van der Waals surface area contributed by atoms with Crippen LogP contribution in [-0.2, 0) is 4.74 Å². The Bertz CT molecular complexity index is 89.6. The van der Waals surface area contributed by atoms with Gasteiger partial charge in [-0.2, -0.15) is 0 Å². The molecule has 0 saturated carbocycles. The number of nitrogens with one attached hydrogen (secondary N) is 1. The number of rotatable bonds is 2. The lowest BCUT2D eigenvalue weighted by Crippen LogP contribution is -2.42. The molecule has 1 heterocycles. The third-order valence-electron chi connectivity index (χ3n) is 1.66. The fraction of sp³-hybridized carbons (Fsp3) is 1.00. The first-order valence-corrected chi connectivity index (χ1v) is 3.80. The second kappa shape index (κ2) is 3.91. The van der Waals surface area contributed by atoms with Gasteiger partial charge in [-0.1, -0.05) is 0 Å². The second-order valence-corrected chi connectivity index (χ2v) is 2.91. The average molecular weight is 144 g/mol. The zero-order chi connectivity index (χ0) is 7.40. The van der Waals surface area contributed by atoms with Crippen LogP contribution in [0.1, 0.15) is 12.8 Å². The molecule has 0 radical (unpaired) electrons. The second-order valence-electron chi connectivity index (χ2n) is 2.91. The quantitative estimate of drug-likeness (QED) is 0.561. The maximum absolute atomic E-state index is 5.22. The summed E-state index contributed by atoms with van der Waals surface area (Å²) in [7, 11) is 4.05. The summed E-state index contributed by atoms with van der Waals surface area (Å²) in [6, 6.07) is 0.628. The molecule has 3 nitrogen and oxygen atoms in total. The largest absolute Gasteiger partial charge is 0.381 e. The van der Waals surface area contributed by atoms with Gasteiger partial charge in [0.25, 0.3) is 0 Å². The van der Waals surface area contributed by atoms with Crippen LogP contribution in [0.5, 0.6) is 0 Å². The van der Waals surface area contributed by atoms with Crippen LogP contribution in [0.25, 0.3) is 0 Å². The van der Waals surface area contributed by atoms with E-state index in [0.29, 0.717) is 6.04 Å². The molecule has 0 aromatic heterocycles. The van der Waals surface area contributed by atoms with Gasteiger partial charge in [-0.3, -0.25) is 10.4 Å². The molecule has 1 aliphatic rings. The number of hydrazine groups is 1. The van der Waals surface area contributed by atoms with E-state index in [1.54, 1.807) is 0 Å². The van der Waals surface area contributed by atoms with Crippen molar-refractivity contribution in [3.63, 3.8) is 0 Å². The Labute approximate surface area is 62.3 Å². The SMILES string of the molecule is CN(C)NC1CCOCC1. The van der Waals surface area contributed by atoms with Crippen molar-refractivity contribution in [1.82, 2.24) is 10.4 Å². The summed E-state index contributed by atoms with van der Waals surface area (Å²) < 4.78 is 5.22. The molecule has 0 aliphatic carbocycles. The van der Waals surface area contributed by atoms with Crippen molar-refractivity contribution in [1.29, 1.82) is 0 Å². The number of nitrogens with zero attached hydrogens (tertiary/aromatic N) is 1. The van der Waals surface area contributed by atoms with Crippen LogP contribution in [0, 0.1) is 0 Å². The molecule has 0 spiro atoms. The van der Waals surface area contributed by atoms with E-state index < -0.39 is 0 Å². The third kappa shape index (κ3) is 2.64. The van der Waals surface area contributed by atoms with Gasteiger partial charge in [0.1, 0.15) is 0 Å². The molecule has 1 aliphatic heterocycles. The summed E-state index contributed by atoms with van der Waals surface area (Å²) in [6.07, 6.45) is 2.27. The van der Waals surface area contributed by atoms with Gasteiger partial charge in [-0.15, -0.1) is 0 Å². The minimum atomic E-state index is 0.628. The maximum atomic E-state index is 5.22. The lowest BCUT2D eigenvalue weighted by molar-refractivity contribution is 0.0589. The molecule has 0 atom stereocenters. The Hall–Kier alpha value is -0.120. The molecule has 0 bridgehead atoms. The molecule has 1 rings (SSSR count). The highest BCUT2D eigenvalue weighted by Gasteiger charge is 2.12. The van der Waals surface area contributed by atoms with E-state index in [-0.39, 0.29) is 0 Å². The first-order valence-electron chi connectivity index (χ1n) is 3.80. The Morgan fingerprint density at radius 1 is 1.30 bits per heavy atom. The topological polar surface area (TPSA) is 24.5 Å². The predicted molar refractivity (Wildman–Crippen MR) is 40.7 cm³/mol. The highest BCUT2D eigenvalue weighted by atomic mass is 16.5. The van der Waals surface area contributed by atoms with Gasteiger partial charge in [0, 0.05) is 33.4 Å². The standard InChI is InChI=1S/C7H16N2O/c1-9(2)8-7-3-5-10-6-4-7/h7-8H,3-6H2,1-2H3. The fourth-order valence-corrected chi connectivity index (χ4v) is 1.19. The molecule has 1 saturated heterocycles. The molecule has 60 valence electrons. The predicted octanol–water partition coefficient (Wildman–Crippen LogP) is 0.232. The van der Waals surface area contributed by atoms with Gasteiger partial charge in [-0.25, -0.2) is 0 Å². The van der Waals surface area contributed by atoms with Crippen LogP contribution < -0.4 is 5.43 Å². The maximum Gasteiger partial charge on any atom is 0.0481 e. The molecular formula is C7H16N2O. The lowest BCUT2D eigenvalue weighted by atomic mass is 10.1. The zero-order valence-electron chi connectivity index (χ0n) is 6.76. The average Bonchev–Trinajstić information content (AvgIpc) is 1.88. The third-order valence-corrected chi connectivity index (χ3v) is 1.66. The van der Waals surface area contributed by atoms with Crippen LogP contribution in [0.3, 0.4) is 0 Å². The van der Waals surface area contributed by atoms with Gasteiger partial charge in [0.05, 0.1) is 0 Å². The van der Waals surface area contributed by atoms with Crippen LogP contribution in [0.4, 0.5) is 0 Å². The van der Waals surface area contributed by atoms with Crippen molar-refractivity contribution in [3.05, 3.63) is 0 Å². The molecule has 0 aromatic rings. The van der Waals surface area contributed by atoms with Gasteiger partial charge in [0.2, 0.25) is 0 Å². The van der Waals surface area contributed by atoms with E-state index >= 15 is 0 Å². The summed E-state index contributed by atoms with van der Waals surface area (Å²) >= 11 is 0. The van der Waals surface area contributed by atoms with Crippen LogP contribution in [0.2, 0.25) is 0 Å². The Morgan fingerprint density at radius 2 is 1.90 bits per heavy atom. The number of hydrogen-bond acceptors (Lipinski definition) is 3. The van der Waals surface area contributed by atoms with Crippen molar-refractivity contribution < 1.29 is 4.74 Å². The molecule has 0 amide bonds. The molecule has 1 fully saturated rings. The van der Waals surface area contributed by atoms with Gasteiger partial charge in [0.15, 0.2) is 0 Å². The van der Waals surface area contributed by atoms with Crippen molar-refractivity contribution >= 4 is 0 Å². The van der Waals surface area contributed by atoms with Crippen molar-refractivity contribution in [2.75, 3.05) is 27.3 Å². The normalized spacial score (nSPS) is 21.9. The molecule has 0 unspecified atom stereocenters. The van der Waals surface area contributed by atoms with Crippen LogP contribution in [-0.4, -0.2) is 38.4 Å². The van der Waals surface area contributed by atoms with Gasteiger partial charge >= 0.3 is 0 Å². The Kier molecular flexibility index (Phi) is 3.12. The Balaban J connectivity index is 2.13. The van der Waals surface area contributed by atoms with E-state index in [1.165, 1.54) is 0 Å². The summed E-state index contributed by atoms with van der Waals surface area (Å²) in [4.78, 5) is 0. The van der Waals surface area contributed by atoms with E-state index in [0.717, 1.165) is 26.1 Å². The molecule has 0 aromatic carbocycles. The summed E-state index contributed by atoms with van der Waals surface area (Å²) in [6.45, 7) is 1.82. The lowest BCUT2D eigenvalue weighted by Gasteiger charge is -2.26. The van der Waals surface area contributed by atoms with Gasteiger partial charge < -0.3 is 4.74 Å². The van der Waals surface area contributed by atoms with E-state index in [9.17, 15) is 0 Å². The van der Waals surface area contributed by atoms with Gasteiger partial charge in [-0.05, 0) is 12.8 Å².